The maximum Gasteiger partial charge on any atom is 0.248 e. The normalized spacial score (nSPS) is 15.3. The molecule has 24 heavy (non-hydrogen) atoms. The lowest BCUT2D eigenvalue weighted by molar-refractivity contribution is 0.454. The molecular formula is C21H19NO2. The molecule has 0 bridgehead atoms. The van der Waals surface area contributed by atoms with Crippen LogP contribution in [0, 0.1) is 6.92 Å². The number of benzene rings is 2. The Morgan fingerprint density at radius 3 is 2.67 bits per heavy atom. The molecule has 2 aromatic carbocycles. The minimum Gasteiger partial charge on any atom is -0.449 e. The van der Waals surface area contributed by atoms with Gasteiger partial charge in [0.25, 0.3) is 0 Å². The van der Waals surface area contributed by atoms with Crippen molar-refractivity contribution in [3.8, 4) is 11.5 Å². The van der Waals surface area contributed by atoms with Crippen LogP contribution in [0.15, 0.2) is 52.9 Å². The SMILES string of the molecule is Cc1cc2c(o1)N(c1cccc3c1CCCC3)c1ccccc1O2. The van der Waals surface area contributed by atoms with Crippen molar-refractivity contribution in [3.63, 3.8) is 0 Å². The third-order valence-electron chi connectivity index (χ3n) is 4.94. The Bertz CT molecular complexity index is 925. The lowest BCUT2D eigenvalue weighted by Gasteiger charge is -2.32. The van der Waals surface area contributed by atoms with E-state index in [-0.39, 0.29) is 0 Å². The highest BCUT2D eigenvalue weighted by atomic mass is 16.5. The van der Waals surface area contributed by atoms with Gasteiger partial charge in [-0.3, -0.25) is 4.90 Å². The van der Waals surface area contributed by atoms with Crippen LogP contribution in [0.4, 0.5) is 17.3 Å². The summed E-state index contributed by atoms with van der Waals surface area (Å²) in [7, 11) is 0. The van der Waals surface area contributed by atoms with Crippen molar-refractivity contribution >= 4 is 17.3 Å². The average Bonchev–Trinajstić information content (AvgIpc) is 2.99. The number of hydrogen-bond donors (Lipinski definition) is 0. The number of nitrogens with zero attached hydrogens (tertiary/aromatic N) is 1. The molecule has 0 saturated carbocycles. The molecule has 1 aromatic heterocycles. The molecule has 0 radical (unpaired) electrons. The van der Waals surface area contributed by atoms with Crippen molar-refractivity contribution in [3.05, 3.63) is 65.4 Å². The van der Waals surface area contributed by atoms with Crippen LogP contribution >= 0.6 is 0 Å². The maximum absolute atomic E-state index is 6.06. The Kier molecular flexibility index (Phi) is 2.96. The van der Waals surface area contributed by atoms with Crippen molar-refractivity contribution in [2.75, 3.05) is 4.90 Å². The molecule has 120 valence electrons. The molecule has 3 aromatic rings. The highest BCUT2D eigenvalue weighted by Gasteiger charge is 2.31. The van der Waals surface area contributed by atoms with Crippen molar-refractivity contribution in [2.24, 2.45) is 0 Å². The Balaban J connectivity index is 1.77. The van der Waals surface area contributed by atoms with Crippen LogP contribution in [0.3, 0.4) is 0 Å². The highest BCUT2D eigenvalue weighted by molar-refractivity contribution is 5.85. The minimum absolute atomic E-state index is 0.783. The highest BCUT2D eigenvalue weighted by Crippen LogP contribution is 2.52. The number of furan rings is 1. The Labute approximate surface area is 141 Å². The van der Waals surface area contributed by atoms with Gasteiger partial charge in [0, 0.05) is 6.07 Å². The molecule has 1 aliphatic carbocycles. The van der Waals surface area contributed by atoms with Crippen LogP contribution < -0.4 is 9.64 Å². The third-order valence-corrected chi connectivity index (χ3v) is 4.94. The fourth-order valence-corrected chi connectivity index (χ4v) is 3.87. The second-order valence-corrected chi connectivity index (χ2v) is 6.55. The fraction of sp³-hybridized carbons (Fsp3) is 0.238. The van der Waals surface area contributed by atoms with Gasteiger partial charge in [-0.15, -0.1) is 0 Å². The number of rotatable bonds is 1. The van der Waals surface area contributed by atoms with E-state index in [1.807, 2.05) is 31.2 Å². The molecule has 3 heteroatoms. The summed E-state index contributed by atoms with van der Waals surface area (Å²) >= 11 is 0. The van der Waals surface area contributed by atoms with Crippen molar-refractivity contribution in [2.45, 2.75) is 32.6 Å². The smallest absolute Gasteiger partial charge is 0.248 e. The standard InChI is InChI=1S/C21H19NO2/c1-14-13-20-21(23-14)22(18-10-4-5-12-19(18)24-20)17-11-6-8-15-7-2-3-9-16(15)17/h4-6,8,10-13H,2-3,7,9H2,1H3. The summed E-state index contributed by atoms with van der Waals surface area (Å²) in [6.07, 6.45) is 4.82. The van der Waals surface area contributed by atoms with Crippen LogP contribution in [-0.4, -0.2) is 0 Å². The Morgan fingerprint density at radius 2 is 1.71 bits per heavy atom. The van der Waals surface area contributed by atoms with E-state index < -0.39 is 0 Å². The first-order chi connectivity index (χ1) is 11.8. The van der Waals surface area contributed by atoms with Gasteiger partial charge in [0.2, 0.25) is 5.88 Å². The summed E-state index contributed by atoms with van der Waals surface area (Å²) in [6.45, 7) is 1.96. The lowest BCUT2D eigenvalue weighted by atomic mass is 9.90. The molecular weight excluding hydrogens is 298 g/mol. The van der Waals surface area contributed by atoms with E-state index in [0.29, 0.717) is 0 Å². The molecule has 0 spiro atoms. The molecule has 0 unspecified atom stereocenters. The number of hydrogen-bond acceptors (Lipinski definition) is 3. The van der Waals surface area contributed by atoms with Crippen molar-refractivity contribution in [1.82, 2.24) is 0 Å². The van der Waals surface area contributed by atoms with Crippen LogP contribution in [-0.2, 0) is 12.8 Å². The topological polar surface area (TPSA) is 25.6 Å². The van der Waals surface area contributed by atoms with E-state index >= 15 is 0 Å². The lowest BCUT2D eigenvalue weighted by Crippen LogP contribution is -2.18. The molecule has 0 amide bonds. The molecule has 2 aliphatic rings. The molecule has 5 rings (SSSR count). The van der Waals surface area contributed by atoms with Gasteiger partial charge >= 0.3 is 0 Å². The molecule has 2 heterocycles. The van der Waals surface area contributed by atoms with Gasteiger partial charge in [-0.1, -0.05) is 24.3 Å². The maximum atomic E-state index is 6.06. The fourth-order valence-electron chi connectivity index (χ4n) is 3.87. The zero-order valence-corrected chi connectivity index (χ0v) is 13.7. The predicted octanol–water partition coefficient (Wildman–Crippen LogP) is 6.04. The van der Waals surface area contributed by atoms with Gasteiger partial charge in [-0.25, -0.2) is 0 Å². The summed E-state index contributed by atoms with van der Waals surface area (Å²) in [5, 5.41) is 0. The molecule has 0 N–H and O–H groups in total. The first-order valence-corrected chi connectivity index (χ1v) is 8.59. The number of fused-ring (bicyclic) bond motifs is 3. The van der Waals surface area contributed by atoms with E-state index in [1.165, 1.54) is 36.1 Å². The Hall–Kier alpha value is -2.68. The quantitative estimate of drug-likeness (QED) is 0.428. The number of aryl methyl sites for hydroxylation is 2. The summed E-state index contributed by atoms with van der Waals surface area (Å²) in [5.41, 5.74) is 5.17. The first-order valence-electron chi connectivity index (χ1n) is 8.59. The average molecular weight is 317 g/mol. The van der Waals surface area contributed by atoms with Crippen molar-refractivity contribution in [1.29, 1.82) is 0 Å². The monoisotopic (exact) mass is 317 g/mol. The van der Waals surface area contributed by atoms with E-state index in [1.54, 1.807) is 0 Å². The number of ether oxygens (including phenoxy) is 1. The molecule has 0 saturated heterocycles. The minimum atomic E-state index is 0.783. The van der Waals surface area contributed by atoms with Crippen LogP contribution in [0.5, 0.6) is 11.5 Å². The largest absolute Gasteiger partial charge is 0.449 e. The van der Waals surface area contributed by atoms with Gasteiger partial charge < -0.3 is 9.15 Å². The van der Waals surface area contributed by atoms with E-state index in [0.717, 1.165) is 35.3 Å². The predicted molar refractivity (Wildman–Crippen MR) is 94.8 cm³/mol. The second-order valence-electron chi connectivity index (χ2n) is 6.55. The second kappa shape index (κ2) is 5.17. The molecule has 0 fully saturated rings. The van der Waals surface area contributed by atoms with E-state index in [9.17, 15) is 0 Å². The Morgan fingerprint density at radius 1 is 0.875 bits per heavy atom. The summed E-state index contributed by atoms with van der Waals surface area (Å²) in [4.78, 5) is 2.23. The van der Waals surface area contributed by atoms with E-state index in [4.69, 9.17) is 9.15 Å². The van der Waals surface area contributed by atoms with E-state index in [2.05, 4.69) is 29.2 Å². The number of para-hydroxylation sites is 2. The zero-order chi connectivity index (χ0) is 16.1. The summed E-state index contributed by atoms with van der Waals surface area (Å²) in [6, 6.07) is 16.8. The van der Waals surface area contributed by atoms with Crippen LogP contribution in [0.2, 0.25) is 0 Å². The summed E-state index contributed by atoms with van der Waals surface area (Å²) in [5.74, 6) is 3.31. The third kappa shape index (κ3) is 1.97. The van der Waals surface area contributed by atoms with Gasteiger partial charge in [0.15, 0.2) is 11.5 Å². The zero-order valence-electron chi connectivity index (χ0n) is 13.7. The van der Waals surface area contributed by atoms with Crippen LogP contribution in [0.25, 0.3) is 0 Å². The summed E-state index contributed by atoms with van der Waals surface area (Å²) < 4.78 is 12.1. The first kappa shape index (κ1) is 13.7. The molecule has 3 nitrogen and oxygen atoms in total. The molecule has 0 atom stereocenters. The molecule has 1 aliphatic heterocycles. The van der Waals surface area contributed by atoms with Gasteiger partial charge in [0.1, 0.15) is 5.76 Å². The van der Waals surface area contributed by atoms with Gasteiger partial charge in [-0.2, -0.15) is 0 Å². The van der Waals surface area contributed by atoms with Gasteiger partial charge in [0.05, 0.1) is 11.4 Å². The van der Waals surface area contributed by atoms with Crippen LogP contribution in [0.1, 0.15) is 29.7 Å². The van der Waals surface area contributed by atoms with Crippen molar-refractivity contribution < 1.29 is 9.15 Å². The number of anilines is 3. The van der Waals surface area contributed by atoms with Gasteiger partial charge in [-0.05, 0) is 61.9 Å².